The summed E-state index contributed by atoms with van der Waals surface area (Å²) in [6.45, 7) is 2.85. The zero-order valence-corrected chi connectivity index (χ0v) is 12.4. The molecule has 0 aliphatic rings. The molecule has 0 saturated heterocycles. The molecule has 0 bridgehead atoms. The van der Waals surface area contributed by atoms with Crippen molar-refractivity contribution in [2.45, 2.75) is 13.5 Å². The fraction of sp³-hybridized carbons (Fsp3) is 0.200. The van der Waals surface area contributed by atoms with Crippen molar-refractivity contribution in [2.24, 2.45) is 0 Å². The molecule has 0 aliphatic heterocycles. The number of rotatable bonds is 5. The van der Waals surface area contributed by atoms with Gasteiger partial charge in [0.15, 0.2) is 0 Å². The standard InChI is InChI=1S/C15H14Cl2FNO/c1-2-20-15-8-13(18)3-4-14(15)19-9-10-5-11(16)7-12(17)6-10/h3-8,19H,2,9H2,1H3. The monoisotopic (exact) mass is 313 g/mol. The van der Waals surface area contributed by atoms with Gasteiger partial charge in [0, 0.05) is 22.7 Å². The molecule has 106 valence electrons. The lowest BCUT2D eigenvalue weighted by Gasteiger charge is -2.13. The van der Waals surface area contributed by atoms with E-state index in [1.165, 1.54) is 12.1 Å². The van der Waals surface area contributed by atoms with E-state index in [2.05, 4.69) is 5.32 Å². The molecule has 2 aromatic rings. The van der Waals surface area contributed by atoms with E-state index < -0.39 is 0 Å². The molecule has 5 heteroatoms. The van der Waals surface area contributed by atoms with Gasteiger partial charge >= 0.3 is 0 Å². The van der Waals surface area contributed by atoms with E-state index in [0.717, 1.165) is 11.3 Å². The maximum Gasteiger partial charge on any atom is 0.145 e. The van der Waals surface area contributed by atoms with Crippen LogP contribution in [-0.4, -0.2) is 6.61 Å². The third-order valence-corrected chi connectivity index (χ3v) is 3.09. The van der Waals surface area contributed by atoms with Gasteiger partial charge in [-0.2, -0.15) is 0 Å². The molecule has 0 saturated carbocycles. The number of anilines is 1. The number of hydrogen-bond donors (Lipinski definition) is 1. The van der Waals surface area contributed by atoms with Crippen molar-refractivity contribution in [2.75, 3.05) is 11.9 Å². The molecule has 0 atom stereocenters. The summed E-state index contributed by atoms with van der Waals surface area (Å²) in [5, 5.41) is 4.35. The minimum Gasteiger partial charge on any atom is -0.492 e. The molecule has 1 N–H and O–H groups in total. The van der Waals surface area contributed by atoms with Gasteiger partial charge in [-0.15, -0.1) is 0 Å². The van der Waals surface area contributed by atoms with Gasteiger partial charge in [0.25, 0.3) is 0 Å². The molecule has 0 heterocycles. The van der Waals surface area contributed by atoms with Crippen LogP contribution in [0.2, 0.25) is 10.0 Å². The van der Waals surface area contributed by atoms with Gasteiger partial charge in [-0.25, -0.2) is 4.39 Å². The van der Waals surface area contributed by atoms with Crippen LogP contribution in [0, 0.1) is 5.82 Å². The van der Waals surface area contributed by atoms with Crippen molar-refractivity contribution in [1.29, 1.82) is 0 Å². The number of nitrogens with one attached hydrogen (secondary N) is 1. The van der Waals surface area contributed by atoms with Gasteiger partial charge < -0.3 is 10.1 Å². The second kappa shape index (κ2) is 6.82. The molecule has 20 heavy (non-hydrogen) atoms. The van der Waals surface area contributed by atoms with Crippen LogP contribution in [0.1, 0.15) is 12.5 Å². The fourth-order valence-corrected chi connectivity index (χ4v) is 2.40. The highest BCUT2D eigenvalue weighted by atomic mass is 35.5. The summed E-state index contributed by atoms with van der Waals surface area (Å²) in [6.07, 6.45) is 0. The van der Waals surface area contributed by atoms with Crippen molar-refractivity contribution < 1.29 is 9.13 Å². The zero-order chi connectivity index (χ0) is 14.5. The number of ether oxygens (including phenoxy) is 1. The lowest BCUT2D eigenvalue weighted by atomic mass is 10.2. The van der Waals surface area contributed by atoms with Crippen LogP contribution in [0.4, 0.5) is 10.1 Å². The first kappa shape index (κ1) is 14.9. The molecule has 0 amide bonds. The Morgan fingerprint density at radius 3 is 2.45 bits per heavy atom. The predicted molar refractivity (Wildman–Crippen MR) is 81.4 cm³/mol. The average molecular weight is 314 g/mol. The Labute approximate surface area is 127 Å². The summed E-state index contributed by atoms with van der Waals surface area (Å²) in [5.74, 6) is 0.158. The number of hydrogen-bond acceptors (Lipinski definition) is 2. The van der Waals surface area contributed by atoms with E-state index in [-0.39, 0.29) is 5.82 Å². The summed E-state index contributed by atoms with van der Waals surface area (Å²) >= 11 is 11.9. The van der Waals surface area contributed by atoms with Gasteiger partial charge in [-0.05, 0) is 42.8 Å². The molecule has 0 aliphatic carbocycles. The van der Waals surface area contributed by atoms with Gasteiger partial charge in [-0.1, -0.05) is 23.2 Å². The first-order chi connectivity index (χ1) is 9.58. The minimum atomic E-state index is -0.329. The van der Waals surface area contributed by atoms with E-state index in [1.54, 1.807) is 12.1 Å². The molecule has 0 unspecified atom stereocenters. The van der Waals surface area contributed by atoms with Crippen molar-refractivity contribution in [3.63, 3.8) is 0 Å². The maximum absolute atomic E-state index is 13.2. The first-order valence-corrected chi connectivity index (χ1v) is 6.95. The first-order valence-electron chi connectivity index (χ1n) is 6.19. The van der Waals surface area contributed by atoms with Crippen LogP contribution in [-0.2, 0) is 6.54 Å². The fourth-order valence-electron chi connectivity index (χ4n) is 1.83. The molecule has 0 spiro atoms. The molecule has 2 rings (SSSR count). The third-order valence-electron chi connectivity index (χ3n) is 2.65. The van der Waals surface area contributed by atoms with Gasteiger partial charge in [-0.3, -0.25) is 0 Å². The summed E-state index contributed by atoms with van der Waals surface area (Å²) in [4.78, 5) is 0. The summed E-state index contributed by atoms with van der Waals surface area (Å²) in [5.41, 5.74) is 1.67. The van der Waals surface area contributed by atoms with Crippen molar-refractivity contribution >= 4 is 28.9 Å². The average Bonchev–Trinajstić information content (AvgIpc) is 2.37. The van der Waals surface area contributed by atoms with Gasteiger partial charge in [0.05, 0.1) is 12.3 Å². The molecule has 0 radical (unpaired) electrons. The third kappa shape index (κ3) is 4.02. The number of halogens is 3. The maximum atomic E-state index is 13.2. The lowest BCUT2D eigenvalue weighted by molar-refractivity contribution is 0.340. The van der Waals surface area contributed by atoms with Gasteiger partial charge in [0.2, 0.25) is 0 Å². The molecular weight excluding hydrogens is 300 g/mol. The van der Waals surface area contributed by atoms with Crippen molar-refractivity contribution in [3.8, 4) is 5.75 Å². The summed E-state index contributed by atoms with van der Waals surface area (Å²) in [6, 6.07) is 9.71. The zero-order valence-electron chi connectivity index (χ0n) is 10.9. The molecule has 2 nitrogen and oxygen atoms in total. The second-order valence-electron chi connectivity index (χ2n) is 4.20. The summed E-state index contributed by atoms with van der Waals surface area (Å²) in [7, 11) is 0. The quantitative estimate of drug-likeness (QED) is 0.824. The van der Waals surface area contributed by atoms with E-state index in [4.69, 9.17) is 27.9 Å². The predicted octanol–water partition coefficient (Wildman–Crippen LogP) is 5.14. The topological polar surface area (TPSA) is 21.3 Å². The smallest absolute Gasteiger partial charge is 0.145 e. The van der Waals surface area contributed by atoms with Crippen LogP contribution in [0.25, 0.3) is 0 Å². The second-order valence-corrected chi connectivity index (χ2v) is 5.08. The highest BCUT2D eigenvalue weighted by molar-refractivity contribution is 6.34. The summed E-state index contributed by atoms with van der Waals surface area (Å²) < 4.78 is 18.6. The van der Waals surface area contributed by atoms with Crippen LogP contribution in [0.5, 0.6) is 5.75 Å². The highest BCUT2D eigenvalue weighted by Gasteiger charge is 2.05. The Morgan fingerprint density at radius 2 is 1.80 bits per heavy atom. The van der Waals surface area contributed by atoms with Crippen molar-refractivity contribution in [3.05, 3.63) is 57.8 Å². The Morgan fingerprint density at radius 1 is 1.10 bits per heavy atom. The van der Waals surface area contributed by atoms with Crippen LogP contribution in [0.3, 0.4) is 0 Å². The largest absolute Gasteiger partial charge is 0.492 e. The van der Waals surface area contributed by atoms with E-state index >= 15 is 0 Å². The normalized spacial score (nSPS) is 10.4. The van der Waals surface area contributed by atoms with E-state index in [1.807, 2.05) is 19.1 Å². The van der Waals surface area contributed by atoms with E-state index in [0.29, 0.717) is 28.9 Å². The van der Waals surface area contributed by atoms with Gasteiger partial charge in [0.1, 0.15) is 11.6 Å². The Bertz CT molecular complexity index is 584. The minimum absolute atomic E-state index is 0.329. The molecule has 0 fully saturated rings. The van der Waals surface area contributed by atoms with Crippen LogP contribution < -0.4 is 10.1 Å². The van der Waals surface area contributed by atoms with Crippen molar-refractivity contribution in [1.82, 2.24) is 0 Å². The van der Waals surface area contributed by atoms with Crippen LogP contribution >= 0.6 is 23.2 Å². The van der Waals surface area contributed by atoms with Crippen LogP contribution in [0.15, 0.2) is 36.4 Å². The highest BCUT2D eigenvalue weighted by Crippen LogP contribution is 2.27. The molecule has 0 aromatic heterocycles. The molecule has 2 aromatic carbocycles. The Balaban J connectivity index is 2.13. The SMILES string of the molecule is CCOc1cc(F)ccc1NCc1cc(Cl)cc(Cl)c1. The Kier molecular flexibility index (Phi) is 5.10. The number of benzene rings is 2. The van der Waals surface area contributed by atoms with E-state index in [9.17, 15) is 4.39 Å². The Hall–Kier alpha value is -1.45. The lowest BCUT2D eigenvalue weighted by Crippen LogP contribution is -2.03. The molecular formula is C15H14Cl2FNO.